The molecule has 0 N–H and O–H groups in total. The van der Waals surface area contributed by atoms with Crippen LogP contribution < -0.4 is 4.74 Å². The summed E-state index contributed by atoms with van der Waals surface area (Å²) in [5.74, 6) is 0.918. The molecule has 0 amide bonds. The van der Waals surface area contributed by atoms with Crippen LogP contribution in [0.1, 0.15) is 49.4 Å². The van der Waals surface area contributed by atoms with Gasteiger partial charge in [0, 0.05) is 17.2 Å². The van der Waals surface area contributed by atoms with Crippen LogP contribution >= 0.6 is 0 Å². The van der Waals surface area contributed by atoms with Crippen LogP contribution in [0.4, 0.5) is 0 Å². The number of aromatic nitrogens is 2. The van der Waals surface area contributed by atoms with Crippen molar-refractivity contribution in [2.45, 2.75) is 45.3 Å². The number of carbonyl (C=O) groups excluding carboxylic acids is 1. The second-order valence-electron chi connectivity index (χ2n) is 8.44. The van der Waals surface area contributed by atoms with Crippen LogP contribution in [0.15, 0.2) is 40.9 Å². The summed E-state index contributed by atoms with van der Waals surface area (Å²) in [5, 5.41) is 13.7. The third-order valence-electron chi connectivity index (χ3n) is 5.79. The van der Waals surface area contributed by atoms with Crippen molar-refractivity contribution in [2.24, 2.45) is 0 Å². The van der Waals surface area contributed by atoms with Gasteiger partial charge in [-0.25, -0.2) is 0 Å². The van der Waals surface area contributed by atoms with E-state index in [4.69, 9.17) is 22.0 Å². The Hall–Kier alpha value is -3.64. The number of hydrogen-bond donors (Lipinski definition) is 0. The van der Waals surface area contributed by atoms with Crippen molar-refractivity contribution in [2.75, 3.05) is 13.7 Å². The van der Waals surface area contributed by atoms with E-state index >= 15 is 0 Å². The predicted octanol–water partition coefficient (Wildman–Crippen LogP) is 4.00. The highest BCUT2D eigenvalue weighted by molar-refractivity contribution is 6.06. The molecular formula is C25H25BN4O4. The van der Waals surface area contributed by atoms with E-state index in [1.54, 1.807) is 18.2 Å². The molecule has 2 radical (unpaired) electrons. The van der Waals surface area contributed by atoms with Crippen LogP contribution in [-0.4, -0.2) is 48.7 Å². The van der Waals surface area contributed by atoms with Gasteiger partial charge in [0.1, 0.15) is 11.8 Å². The van der Waals surface area contributed by atoms with Gasteiger partial charge in [0.2, 0.25) is 5.82 Å². The van der Waals surface area contributed by atoms with Crippen LogP contribution in [-0.2, 0) is 16.0 Å². The van der Waals surface area contributed by atoms with E-state index in [2.05, 4.69) is 16.2 Å². The molecule has 1 heterocycles. The summed E-state index contributed by atoms with van der Waals surface area (Å²) in [6.45, 7) is 3.82. The van der Waals surface area contributed by atoms with Gasteiger partial charge in [-0.2, -0.15) is 10.2 Å². The molecule has 1 aliphatic rings. The number of hydrogen-bond acceptors (Lipinski definition) is 8. The minimum absolute atomic E-state index is 0.00887. The van der Waals surface area contributed by atoms with Crippen molar-refractivity contribution in [1.82, 2.24) is 15.0 Å². The van der Waals surface area contributed by atoms with Gasteiger partial charge >= 0.3 is 5.97 Å². The normalized spacial score (nSPS) is 15.1. The van der Waals surface area contributed by atoms with Gasteiger partial charge in [0.15, 0.2) is 7.98 Å². The summed E-state index contributed by atoms with van der Waals surface area (Å²) >= 11 is 0. The lowest BCUT2D eigenvalue weighted by molar-refractivity contribution is -0.141. The van der Waals surface area contributed by atoms with Gasteiger partial charge in [-0.05, 0) is 62.4 Å². The molecule has 1 aromatic heterocycles. The third-order valence-corrected chi connectivity index (χ3v) is 5.79. The second-order valence-corrected chi connectivity index (χ2v) is 8.44. The number of ether oxygens (including phenoxy) is 2. The minimum atomic E-state index is -0.380. The zero-order chi connectivity index (χ0) is 24.2. The molecule has 9 heteroatoms. The van der Waals surface area contributed by atoms with Gasteiger partial charge in [0.05, 0.1) is 25.3 Å². The first kappa shape index (κ1) is 23.5. The summed E-state index contributed by atoms with van der Waals surface area (Å²) in [5.41, 5.74) is 4.04. The smallest absolute Gasteiger partial charge is 0.318 e. The lowest BCUT2D eigenvalue weighted by atomic mass is 9.83. The van der Waals surface area contributed by atoms with Gasteiger partial charge < -0.3 is 18.8 Å². The fourth-order valence-electron chi connectivity index (χ4n) is 4.26. The summed E-state index contributed by atoms with van der Waals surface area (Å²) < 4.78 is 16.0. The molecule has 0 fully saturated rings. The maximum Gasteiger partial charge on any atom is 0.318 e. The number of esters is 1. The molecule has 0 spiro atoms. The molecule has 0 saturated heterocycles. The molecule has 8 nitrogen and oxygen atoms in total. The molecule has 0 bridgehead atoms. The van der Waals surface area contributed by atoms with E-state index in [9.17, 15) is 10.1 Å². The van der Waals surface area contributed by atoms with E-state index in [-0.39, 0.29) is 24.7 Å². The Kier molecular flexibility index (Phi) is 6.99. The number of rotatable bonds is 7. The Bertz CT molecular complexity index is 1230. The first-order valence-corrected chi connectivity index (χ1v) is 11.2. The van der Waals surface area contributed by atoms with E-state index in [1.165, 1.54) is 11.9 Å². The summed E-state index contributed by atoms with van der Waals surface area (Å²) in [6.07, 6.45) is 2.55. The van der Waals surface area contributed by atoms with Crippen molar-refractivity contribution in [3.63, 3.8) is 0 Å². The van der Waals surface area contributed by atoms with Gasteiger partial charge in [-0.1, -0.05) is 23.4 Å². The standard InChI is InChI=1S/C25H25BN4O4/c1-15(2)33-22-11-10-16(12-17(22)13-27)25-28-24(29-34-25)20-8-4-7-19-18(20)6-5-9-21(19)30(26)14-23(31)32-3/h4,7-8,10-12,15,21H,5-6,9,14H2,1-3H3/t21-/m0/s1. The first-order chi connectivity index (χ1) is 16.4. The highest BCUT2D eigenvalue weighted by atomic mass is 16.5. The number of fused-ring (bicyclic) bond motifs is 1. The first-order valence-electron chi connectivity index (χ1n) is 11.2. The molecule has 0 unspecified atom stereocenters. The van der Waals surface area contributed by atoms with Crippen molar-refractivity contribution < 1.29 is 18.8 Å². The minimum Gasteiger partial charge on any atom is -0.490 e. The Balaban J connectivity index is 1.65. The predicted molar refractivity (Wildman–Crippen MR) is 126 cm³/mol. The Labute approximate surface area is 199 Å². The van der Waals surface area contributed by atoms with E-state index in [0.29, 0.717) is 28.6 Å². The van der Waals surface area contributed by atoms with Gasteiger partial charge in [-0.3, -0.25) is 4.79 Å². The van der Waals surface area contributed by atoms with Crippen molar-refractivity contribution in [1.29, 1.82) is 5.26 Å². The van der Waals surface area contributed by atoms with Crippen molar-refractivity contribution in [3.8, 4) is 34.7 Å². The van der Waals surface area contributed by atoms with Crippen LogP contribution in [0, 0.1) is 11.3 Å². The number of methoxy groups -OCH3 is 1. The van der Waals surface area contributed by atoms with Crippen LogP contribution in [0.25, 0.3) is 22.8 Å². The SMILES string of the molecule is [B]N(CC(=O)OC)[C@H]1CCCc2c(-c3noc(-c4ccc(OC(C)C)c(C#N)c4)n3)cccc21. The zero-order valence-corrected chi connectivity index (χ0v) is 19.4. The largest absolute Gasteiger partial charge is 0.490 e. The fourth-order valence-corrected chi connectivity index (χ4v) is 4.26. The molecule has 34 heavy (non-hydrogen) atoms. The van der Waals surface area contributed by atoms with Crippen LogP contribution in [0.2, 0.25) is 0 Å². The van der Waals surface area contributed by atoms with Crippen LogP contribution in [0.5, 0.6) is 5.75 Å². The lowest BCUT2D eigenvalue weighted by Gasteiger charge is -2.34. The van der Waals surface area contributed by atoms with Gasteiger partial charge in [0.25, 0.3) is 5.89 Å². The number of nitrogens with zero attached hydrogens (tertiary/aromatic N) is 4. The summed E-state index contributed by atoms with van der Waals surface area (Å²) in [6, 6.07) is 13.2. The average Bonchev–Trinajstić information content (AvgIpc) is 3.33. The van der Waals surface area contributed by atoms with Crippen molar-refractivity contribution >= 4 is 14.0 Å². The molecule has 4 rings (SSSR count). The van der Waals surface area contributed by atoms with E-state index < -0.39 is 0 Å². The maximum absolute atomic E-state index is 11.7. The molecule has 0 aliphatic heterocycles. The maximum atomic E-state index is 11.7. The number of nitriles is 1. The zero-order valence-electron chi connectivity index (χ0n) is 19.4. The second kappa shape index (κ2) is 10.1. The average molecular weight is 456 g/mol. The highest BCUT2D eigenvalue weighted by Gasteiger charge is 2.27. The molecule has 0 saturated carbocycles. The summed E-state index contributed by atoms with van der Waals surface area (Å²) in [4.78, 5) is 17.9. The summed E-state index contributed by atoms with van der Waals surface area (Å²) in [7, 11) is 7.57. The molecule has 1 aliphatic carbocycles. The molecule has 172 valence electrons. The van der Waals surface area contributed by atoms with Crippen LogP contribution in [0.3, 0.4) is 0 Å². The topological polar surface area (TPSA) is 101 Å². The van der Waals surface area contributed by atoms with E-state index in [0.717, 1.165) is 36.0 Å². The quantitative estimate of drug-likeness (QED) is 0.389. The molecule has 1 atom stereocenters. The number of benzene rings is 2. The lowest BCUT2D eigenvalue weighted by Crippen LogP contribution is -2.34. The Morgan fingerprint density at radius 3 is 2.91 bits per heavy atom. The van der Waals surface area contributed by atoms with Crippen molar-refractivity contribution in [3.05, 3.63) is 53.1 Å². The molecule has 3 aromatic rings. The monoisotopic (exact) mass is 456 g/mol. The fraction of sp³-hybridized carbons (Fsp3) is 0.360. The Morgan fingerprint density at radius 2 is 2.18 bits per heavy atom. The highest BCUT2D eigenvalue weighted by Crippen LogP contribution is 2.38. The molecule has 2 aromatic carbocycles. The third kappa shape index (κ3) is 4.82. The van der Waals surface area contributed by atoms with E-state index in [1.807, 2.05) is 32.0 Å². The molecular weight excluding hydrogens is 431 g/mol. The van der Waals surface area contributed by atoms with Gasteiger partial charge in [-0.15, -0.1) is 0 Å². The Morgan fingerprint density at radius 1 is 1.35 bits per heavy atom. The number of carbonyl (C=O) groups is 1.